The van der Waals surface area contributed by atoms with E-state index in [1.54, 1.807) is 12.3 Å². The molecular weight excluding hydrogens is 306 g/mol. The smallest absolute Gasteiger partial charge is 0.326 e. The van der Waals surface area contributed by atoms with Crippen LogP contribution < -0.4 is 5.32 Å². The van der Waals surface area contributed by atoms with Crippen LogP contribution in [0.5, 0.6) is 0 Å². The van der Waals surface area contributed by atoms with Crippen molar-refractivity contribution in [3.8, 4) is 0 Å². The van der Waals surface area contributed by atoms with Crippen LogP contribution in [0.15, 0.2) is 42.6 Å². The van der Waals surface area contributed by atoms with Gasteiger partial charge in [-0.1, -0.05) is 43.2 Å². The fourth-order valence-corrected chi connectivity index (χ4v) is 3.11. The second-order valence-corrected chi connectivity index (χ2v) is 6.17. The molecule has 0 aliphatic heterocycles. The van der Waals surface area contributed by atoms with Crippen LogP contribution in [0.3, 0.4) is 0 Å². The molecule has 1 saturated carbocycles. The van der Waals surface area contributed by atoms with Gasteiger partial charge in [-0.15, -0.1) is 0 Å². The SMILES string of the molecule is O=C(NC(Cc1ccccc1)C(=O)O)c1ccn(C2CCCC2)n1. The van der Waals surface area contributed by atoms with Crippen molar-refractivity contribution >= 4 is 11.9 Å². The lowest BCUT2D eigenvalue weighted by atomic mass is 10.1. The summed E-state index contributed by atoms with van der Waals surface area (Å²) in [5.74, 6) is -1.50. The lowest BCUT2D eigenvalue weighted by Gasteiger charge is -2.14. The third-order valence-corrected chi connectivity index (χ3v) is 4.43. The molecule has 1 amide bonds. The fourth-order valence-electron chi connectivity index (χ4n) is 3.11. The Morgan fingerprint density at radius 1 is 1.21 bits per heavy atom. The van der Waals surface area contributed by atoms with Crippen LogP contribution in [-0.4, -0.2) is 32.8 Å². The van der Waals surface area contributed by atoms with Crippen LogP contribution in [0, 0.1) is 0 Å². The molecular formula is C18H21N3O3. The van der Waals surface area contributed by atoms with Crippen molar-refractivity contribution in [1.82, 2.24) is 15.1 Å². The molecule has 126 valence electrons. The summed E-state index contributed by atoms with van der Waals surface area (Å²) in [6, 6.07) is 10.3. The number of amides is 1. The minimum absolute atomic E-state index is 0.241. The van der Waals surface area contributed by atoms with Crippen LogP contribution in [-0.2, 0) is 11.2 Å². The standard InChI is InChI=1S/C18H21N3O3/c22-17(15-10-11-21(20-15)14-8-4-5-9-14)19-16(18(23)24)12-13-6-2-1-3-7-13/h1-3,6-7,10-11,14,16H,4-5,8-9,12H2,(H,19,22)(H,23,24). The summed E-state index contributed by atoms with van der Waals surface area (Å²) >= 11 is 0. The third-order valence-electron chi connectivity index (χ3n) is 4.43. The summed E-state index contributed by atoms with van der Waals surface area (Å²) < 4.78 is 1.83. The molecule has 1 aliphatic rings. The predicted octanol–water partition coefficient (Wildman–Crippen LogP) is 2.42. The Morgan fingerprint density at radius 2 is 1.92 bits per heavy atom. The highest BCUT2D eigenvalue weighted by molar-refractivity contribution is 5.94. The molecule has 2 aromatic rings. The number of carbonyl (C=O) groups is 2. The lowest BCUT2D eigenvalue weighted by Crippen LogP contribution is -2.42. The monoisotopic (exact) mass is 327 g/mol. The van der Waals surface area contributed by atoms with Crippen molar-refractivity contribution in [2.75, 3.05) is 0 Å². The predicted molar refractivity (Wildman–Crippen MR) is 88.8 cm³/mol. The normalized spacial score (nSPS) is 16.0. The molecule has 0 radical (unpaired) electrons. The van der Waals surface area contributed by atoms with E-state index in [0.717, 1.165) is 18.4 Å². The lowest BCUT2D eigenvalue weighted by molar-refractivity contribution is -0.139. The number of hydrogen-bond acceptors (Lipinski definition) is 3. The maximum Gasteiger partial charge on any atom is 0.326 e. The van der Waals surface area contributed by atoms with E-state index in [-0.39, 0.29) is 12.1 Å². The number of carboxylic acids is 1. The van der Waals surface area contributed by atoms with Gasteiger partial charge in [0.1, 0.15) is 11.7 Å². The van der Waals surface area contributed by atoms with Gasteiger partial charge >= 0.3 is 5.97 Å². The van der Waals surface area contributed by atoms with E-state index in [1.807, 2.05) is 35.0 Å². The molecule has 6 nitrogen and oxygen atoms in total. The third kappa shape index (κ3) is 3.82. The zero-order valence-corrected chi connectivity index (χ0v) is 13.4. The van der Waals surface area contributed by atoms with E-state index in [0.29, 0.717) is 6.04 Å². The quantitative estimate of drug-likeness (QED) is 0.853. The Morgan fingerprint density at radius 3 is 2.58 bits per heavy atom. The zero-order valence-electron chi connectivity index (χ0n) is 13.4. The number of benzene rings is 1. The van der Waals surface area contributed by atoms with Gasteiger partial charge in [0.15, 0.2) is 0 Å². The van der Waals surface area contributed by atoms with Crippen molar-refractivity contribution in [2.24, 2.45) is 0 Å². The van der Waals surface area contributed by atoms with Crippen LogP contribution >= 0.6 is 0 Å². The van der Waals surface area contributed by atoms with E-state index in [2.05, 4.69) is 10.4 Å². The number of carbonyl (C=O) groups excluding carboxylic acids is 1. The first-order chi connectivity index (χ1) is 11.6. The van der Waals surface area contributed by atoms with Crippen molar-refractivity contribution in [3.05, 3.63) is 53.9 Å². The molecule has 1 atom stereocenters. The average Bonchev–Trinajstić information content (AvgIpc) is 3.26. The molecule has 0 bridgehead atoms. The van der Waals surface area contributed by atoms with E-state index in [1.165, 1.54) is 12.8 Å². The van der Waals surface area contributed by atoms with Gasteiger partial charge in [-0.05, 0) is 24.5 Å². The zero-order chi connectivity index (χ0) is 16.9. The molecule has 24 heavy (non-hydrogen) atoms. The van der Waals surface area contributed by atoms with Gasteiger partial charge < -0.3 is 10.4 Å². The Labute approximate surface area is 140 Å². The maximum atomic E-state index is 12.3. The molecule has 1 heterocycles. The Bertz CT molecular complexity index is 705. The van der Waals surface area contributed by atoms with Crippen molar-refractivity contribution in [3.63, 3.8) is 0 Å². The Kier molecular flexibility index (Phi) is 4.93. The number of aromatic nitrogens is 2. The van der Waals surface area contributed by atoms with Gasteiger partial charge in [0.25, 0.3) is 5.91 Å². The highest BCUT2D eigenvalue weighted by Crippen LogP contribution is 2.28. The van der Waals surface area contributed by atoms with Gasteiger partial charge in [-0.25, -0.2) is 4.79 Å². The molecule has 1 aromatic heterocycles. The molecule has 6 heteroatoms. The second-order valence-electron chi connectivity index (χ2n) is 6.17. The molecule has 1 unspecified atom stereocenters. The van der Waals surface area contributed by atoms with Crippen LogP contribution in [0.1, 0.15) is 47.8 Å². The minimum Gasteiger partial charge on any atom is -0.480 e. The Hall–Kier alpha value is -2.63. The van der Waals surface area contributed by atoms with E-state index < -0.39 is 17.9 Å². The van der Waals surface area contributed by atoms with Crippen molar-refractivity contribution in [2.45, 2.75) is 44.2 Å². The summed E-state index contributed by atoms with van der Waals surface area (Å²) in [6.07, 6.45) is 6.57. The molecule has 0 spiro atoms. The van der Waals surface area contributed by atoms with Gasteiger partial charge in [0.2, 0.25) is 0 Å². The average molecular weight is 327 g/mol. The van der Waals surface area contributed by atoms with Crippen LogP contribution in [0.25, 0.3) is 0 Å². The molecule has 0 saturated heterocycles. The highest BCUT2D eigenvalue weighted by atomic mass is 16.4. The summed E-state index contributed by atoms with van der Waals surface area (Å²) in [7, 11) is 0. The fraction of sp³-hybridized carbons (Fsp3) is 0.389. The first-order valence-electron chi connectivity index (χ1n) is 8.26. The molecule has 1 aromatic carbocycles. The number of rotatable bonds is 6. The first-order valence-corrected chi connectivity index (χ1v) is 8.26. The maximum absolute atomic E-state index is 12.3. The van der Waals surface area contributed by atoms with Gasteiger partial charge in [0, 0.05) is 12.6 Å². The highest BCUT2D eigenvalue weighted by Gasteiger charge is 2.23. The first kappa shape index (κ1) is 16.2. The summed E-state index contributed by atoms with van der Waals surface area (Å²) in [5, 5.41) is 16.3. The number of nitrogens with zero attached hydrogens (tertiary/aromatic N) is 2. The topological polar surface area (TPSA) is 84.2 Å². The van der Waals surface area contributed by atoms with Gasteiger partial charge in [-0.2, -0.15) is 5.10 Å². The summed E-state index contributed by atoms with van der Waals surface area (Å²) in [6.45, 7) is 0. The molecule has 3 rings (SSSR count). The van der Waals surface area contributed by atoms with E-state index in [4.69, 9.17) is 0 Å². The van der Waals surface area contributed by atoms with Crippen LogP contribution in [0.2, 0.25) is 0 Å². The van der Waals surface area contributed by atoms with E-state index in [9.17, 15) is 14.7 Å². The summed E-state index contributed by atoms with van der Waals surface area (Å²) in [5.41, 5.74) is 1.13. The molecule has 2 N–H and O–H groups in total. The Balaban J connectivity index is 1.66. The number of nitrogens with one attached hydrogen (secondary N) is 1. The van der Waals surface area contributed by atoms with Gasteiger partial charge in [-0.3, -0.25) is 9.48 Å². The summed E-state index contributed by atoms with van der Waals surface area (Å²) in [4.78, 5) is 23.8. The van der Waals surface area contributed by atoms with Crippen molar-refractivity contribution < 1.29 is 14.7 Å². The van der Waals surface area contributed by atoms with E-state index >= 15 is 0 Å². The molecule has 1 aliphatic carbocycles. The second kappa shape index (κ2) is 7.29. The largest absolute Gasteiger partial charge is 0.480 e. The van der Waals surface area contributed by atoms with Crippen LogP contribution in [0.4, 0.5) is 0 Å². The van der Waals surface area contributed by atoms with Crippen molar-refractivity contribution in [1.29, 1.82) is 0 Å². The number of hydrogen-bond donors (Lipinski definition) is 2. The number of aliphatic carboxylic acids is 1. The number of carboxylic acid groups (broad SMARTS) is 1. The molecule has 1 fully saturated rings. The minimum atomic E-state index is -1.05. The van der Waals surface area contributed by atoms with Gasteiger partial charge in [0.05, 0.1) is 6.04 Å².